The highest BCUT2D eigenvalue weighted by atomic mass is 16.3. The molecule has 0 radical (unpaired) electrons. The highest BCUT2D eigenvalue weighted by Gasteiger charge is 2.16. The number of hydrogen-bond acceptors (Lipinski definition) is 4. The van der Waals surface area contributed by atoms with Crippen molar-refractivity contribution in [3.63, 3.8) is 0 Å². The van der Waals surface area contributed by atoms with Gasteiger partial charge in [-0.25, -0.2) is 0 Å². The van der Waals surface area contributed by atoms with Gasteiger partial charge in [0.25, 0.3) is 0 Å². The Kier molecular flexibility index (Phi) is 5.86. The number of benzene rings is 3. The first-order valence-corrected chi connectivity index (χ1v) is 7.25. The molecular weight excluding hydrogens is 304 g/mol. The maximum absolute atomic E-state index is 11.8. The lowest BCUT2D eigenvalue weighted by atomic mass is 10.0. The Bertz CT molecular complexity index is 745. The Hall–Kier alpha value is -3.40. The van der Waals surface area contributed by atoms with Gasteiger partial charge < -0.3 is 10.2 Å². The fourth-order valence-corrected chi connectivity index (χ4v) is 1.93. The normalized spacial score (nSPS) is 9.50. The fourth-order valence-electron chi connectivity index (χ4n) is 1.93. The number of hydrogen-bond donors (Lipinski definition) is 2. The summed E-state index contributed by atoms with van der Waals surface area (Å²) < 4.78 is 0. The SMILES string of the molecule is O=C(C(=O)c1ccccc1)c1ccccc1.Oc1cccc(O)c1. The Morgan fingerprint density at radius 1 is 0.542 bits per heavy atom. The number of carbonyl (C=O) groups is 2. The van der Waals surface area contributed by atoms with E-state index in [-0.39, 0.29) is 11.5 Å². The molecule has 0 saturated carbocycles. The smallest absolute Gasteiger partial charge is 0.233 e. The summed E-state index contributed by atoms with van der Waals surface area (Å²) in [6, 6.07) is 23.0. The van der Waals surface area contributed by atoms with Crippen molar-refractivity contribution in [3.05, 3.63) is 96.1 Å². The third kappa shape index (κ3) is 4.81. The molecule has 4 heteroatoms. The minimum atomic E-state index is -0.466. The monoisotopic (exact) mass is 320 g/mol. The van der Waals surface area contributed by atoms with Gasteiger partial charge in [0.1, 0.15) is 11.5 Å². The van der Waals surface area contributed by atoms with Crippen molar-refractivity contribution in [1.82, 2.24) is 0 Å². The van der Waals surface area contributed by atoms with E-state index in [0.717, 1.165) is 0 Å². The summed E-state index contributed by atoms with van der Waals surface area (Å²) in [5.74, 6) is -0.756. The predicted molar refractivity (Wildman–Crippen MR) is 91.3 cm³/mol. The van der Waals surface area contributed by atoms with E-state index in [1.165, 1.54) is 18.2 Å². The van der Waals surface area contributed by atoms with Crippen molar-refractivity contribution in [2.75, 3.05) is 0 Å². The van der Waals surface area contributed by atoms with Crippen LogP contribution in [-0.4, -0.2) is 21.8 Å². The van der Waals surface area contributed by atoms with E-state index in [4.69, 9.17) is 10.2 Å². The Morgan fingerprint density at radius 2 is 0.917 bits per heavy atom. The molecular formula is C20H16O4. The average molecular weight is 320 g/mol. The molecule has 0 amide bonds. The molecule has 0 spiro atoms. The van der Waals surface area contributed by atoms with E-state index in [1.54, 1.807) is 54.6 Å². The minimum Gasteiger partial charge on any atom is -0.508 e. The third-order valence-corrected chi connectivity index (χ3v) is 3.11. The highest BCUT2D eigenvalue weighted by Crippen LogP contribution is 2.14. The number of aromatic hydroxyl groups is 2. The molecule has 24 heavy (non-hydrogen) atoms. The van der Waals surface area contributed by atoms with Gasteiger partial charge in [-0.2, -0.15) is 0 Å². The van der Waals surface area contributed by atoms with Gasteiger partial charge in [0.2, 0.25) is 11.6 Å². The van der Waals surface area contributed by atoms with Crippen LogP contribution in [-0.2, 0) is 0 Å². The molecule has 0 fully saturated rings. The first kappa shape index (κ1) is 17.0. The van der Waals surface area contributed by atoms with Crippen LogP contribution in [0.15, 0.2) is 84.9 Å². The summed E-state index contributed by atoms with van der Waals surface area (Å²) >= 11 is 0. The molecule has 0 bridgehead atoms. The molecule has 4 nitrogen and oxygen atoms in total. The molecule has 0 saturated heterocycles. The summed E-state index contributed by atoms with van der Waals surface area (Å²) in [6.07, 6.45) is 0. The van der Waals surface area contributed by atoms with Crippen LogP contribution in [0.3, 0.4) is 0 Å². The van der Waals surface area contributed by atoms with Gasteiger partial charge in [-0.1, -0.05) is 66.7 Å². The molecule has 0 aliphatic carbocycles. The second-order valence-electron chi connectivity index (χ2n) is 4.91. The fraction of sp³-hybridized carbons (Fsp3) is 0. The number of ketones is 2. The summed E-state index contributed by atoms with van der Waals surface area (Å²) in [7, 11) is 0. The zero-order valence-electron chi connectivity index (χ0n) is 12.8. The van der Waals surface area contributed by atoms with Crippen LogP contribution in [0.25, 0.3) is 0 Å². The molecule has 0 aliphatic heterocycles. The van der Waals surface area contributed by atoms with Gasteiger partial charge in [-0.15, -0.1) is 0 Å². The third-order valence-electron chi connectivity index (χ3n) is 3.11. The van der Waals surface area contributed by atoms with Gasteiger partial charge in [-0.3, -0.25) is 9.59 Å². The average Bonchev–Trinajstić information content (AvgIpc) is 2.62. The summed E-state index contributed by atoms with van der Waals surface area (Å²) in [5.41, 5.74) is 0.854. The number of Topliss-reactive ketones (excluding diaryl/α,β-unsaturated/α-hetero) is 2. The zero-order chi connectivity index (χ0) is 17.4. The molecule has 2 N–H and O–H groups in total. The van der Waals surface area contributed by atoms with Crippen molar-refractivity contribution in [1.29, 1.82) is 0 Å². The van der Waals surface area contributed by atoms with E-state index < -0.39 is 11.6 Å². The predicted octanol–water partition coefficient (Wildman–Crippen LogP) is 3.85. The standard InChI is InChI=1S/C14H10O2.C6H6O2/c15-13(11-7-3-1-4-8-11)14(16)12-9-5-2-6-10-12;7-5-2-1-3-6(8)4-5/h1-10H;1-4,7-8H. The van der Waals surface area contributed by atoms with Gasteiger partial charge in [0, 0.05) is 17.2 Å². The second kappa shape index (κ2) is 8.29. The van der Waals surface area contributed by atoms with E-state index in [9.17, 15) is 9.59 Å². The summed E-state index contributed by atoms with van der Waals surface area (Å²) in [6.45, 7) is 0. The second-order valence-corrected chi connectivity index (χ2v) is 4.91. The molecule has 3 rings (SSSR count). The lowest BCUT2D eigenvalue weighted by Gasteiger charge is -1.99. The number of phenolic OH excluding ortho intramolecular Hbond substituents is 2. The van der Waals surface area contributed by atoms with Gasteiger partial charge in [0.15, 0.2) is 0 Å². The van der Waals surface area contributed by atoms with Crippen LogP contribution in [0.1, 0.15) is 20.7 Å². The molecule has 0 unspecified atom stereocenters. The minimum absolute atomic E-state index is 0.0880. The van der Waals surface area contributed by atoms with Crippen molar-refractivity contribution < 1.29 is 19.8 Å². The van der Waals surface area contributed by atoms with Gasteiger partial charge >= 0.3 is 0 Å². The molecule has 0 aliphatic rings. The molecule has 120 valence electrons. The van der Waals surface area contributed by atoms with Gasteiger partial charge in [0.05, 0.1) is 0 Å². The van der Waals surface area contributed by atoms with Crippen LogP contribution in [0.4, 0.5) is 0 Å². The topological polar surface area (TPSA) is 74.6 Å². The van der Waals surface area contributed by atoms with Gasteiger partial charge in [-0.05, 0) is 12.1 Å². The van der Waals surface area contributed by atoms with Crippen LogP contribution >= 0.6 is 0 Å². The molecule has 0 heterocycles. The van der Waals surface area contributed by atoms with Crippen molar-refractivity contribution >= 4 is 11.6 Å². The molecule has 3 aromatic rings. The Morgan fingerprint density at radius 3 is 1.21 bits per heavy atom. The lowest BCUT2D eigenvalue weighted by molar-refractivity contribution is 0.0817. The Labute approximate surface area is 139 Å². The first-order valence-electron chi connectivity index (χ1n) is 7.25. The maximum atomic E-state index is 11.8. The van der Waals surface area contributed by atoms with Crippen molar-refractivity contribution in [3.8, 4) is 11.5 Å². The van der Waals surface area contributed by atoms with Crippen LogP contribution < -0.4 is 0 Å². The highest BCUT2D eigenvalue weighted by molar-refractivity contribution is 6.49. The number of rotatable bonds is 3. The van der Waals surface area contributed by atoms with E-state index in [0.29, 0.717) is 11.1 Å². The van der Waals surface area contributed by atoms with E-state index in [1.807, 2.05) is 12.1 Å². The molecule has 0 atom stereocenters. The molecule has 3 aromatic carbocycles. The quantitative estimate of drug-likeness (QED) is 0.568. The first-order chi connectivity index (χ1) is 11.6. The van der Waals surface area contributed by atoms with Crippen LogP contribution in [0.2, 0.25) is 0 Å². The number of carbonyl (C=O) groups excluding carboxylic acids is 2. The lowest BCUT2D eigenvalue weighted by Crippen LogP contribution is -2.14. The van der Waals surface area contributed by atoms with Crippen LogP contribution in [0.5, 0.6) is 11.5 Å². The maximum Gasteiger partial charge on any atom is 0.233 e. The number of phenols is 2. The largest absolute Gasteiger partial charge is 0.508 e. The Balaban J connectivity index is 0.000000219. The van der Waals surface area contributed by atoms with E-state index >= 15 is 0 Å². The molecule has 0 aromatic heterocycles. The van der Waals surface area contributed by atoms with Crippen LogP contribution in [0, 0.1) is 0 Å². The zero-order valence-corrected chi connectivity index (χ0v) is 12.8. The summed E-state index contributed by atoms with van der Waals surface area (Å²) in [5, 5.41) is 17.3. The van der Waals surface area contributed by atoms with Crippen molar-refractivity contribution in [2.45, 2.75) is 0 Å². The van der Waals surface area contributed by atoms with Crippen molar-refractivity contribution in [2.24, 2.45) is 0 Å². The summed E-state index contributed by atoms with van der Waals surface area (Å²) in [4.78, 5) is 23.6. The van der Waals surface area contributed by atoms with E-state index in [2.05, 4.69) is 0 Å².